The van der Waals surface area contributed by atoms with E-state index in [1.165, 1.54) is 41.0 Å². The zero-order valence-electron chi connectivity index (χ0n) is 18.7. The number of halogens is 3. The molecule has 0 unspecified atom stereocenters. The molecule has 34 heavy (non-hydrogen) atoms. The van der Waals surface area contributed by atoms with Crippen molar-refractivity contribution >= 4 is 28.7 Å². The average Bonchev–Trinajstić information content (AvgIpc) is 3.34. The second-order valence-corrected chi connectivity index (χ2v) is 8.92. The normalized spacial score (nSPS) is 11.5. The van der Waals surface area contributed by atoms with E-state index in [2.05, 4.69) is 5.32 Å². The Morgan fingerprint density at radius 3 is 2.24 bits per heavy atom. The second-order valence-electron chi connectivity index (χ2n) is 7.86. The van der Waals surface area contributed by atoms with E-state index in [1.54, 1.807) is 26.0 Å². The van der Waals surface area contributed by atoms with E-state index in [9.17, 15) is 22.8 Å². The summed E-state index contributed by atoms with van der Waals surface area (Å²) in [5.41, 5.74) is 1.55. The smallest absolute Gasteiger partial charge is 0.320 e. The first kappa shape index (κ1) is 23.5. The highest BCUT2D eigenvalue weighted by atomic mass is 32.1. The number of Topliss-reactive ketones (excluding diaryl/α,β-unsaturated/α-hetero) is 1. The summed E-state index contributed by atoms with van der Waals surface area (Å²) in [6.45, 7) is 4.68. The molecule has 4 rings (SSSR count). The monoisotopic (exact) mass is 482 g/mol. The van der Waals surface area contributed by atoms with Gasteiger partial charge in [0.15, 0.2) is 5.78 Å². The first-order chi connectivity index (χ1) is 16.1. The molecule has 0 saturated carbocycles. The van der Waals surface area contributed by atoms with Gasteiger partial charge in [-0.1, -0.05) is 42.5 Å². The number of rotatable bonds is 5. The zero-order valence-corrected chi connectivity index (χ0v) is 19.5. The molecule has 0 aliphatic rings. The van der Waals surface area contributed by atoms with Crippen LogP contribution < -0.4 is 5.32 Å². The fourth-order valence-electron chi connectivity index (χ4n) is 3.95. The molecule has 0 fully saturated rings. The third-order valence-electron chi connectivity index (χ3n) is 5.48. The highest BCUT2D eigenvalue weighted by molar-refractivity contribution is 7.18. The number of thiophene rings is 1. The topological polar surface area (TPSA) is 51.1 Å². The number of carbonyl (C=O) groups excluding carboxylic acids is 2. The van der Waals surface area contributed by atoms with E-state index in [0.29, 0.717) is 22.0 Å². The first-order valence-corrected chi connectivity index (χ1v) is 11.3. The fourth-order valence-corrected chi connectivity index (χ4v) is 4.97. The second kappa shape index (κ2) is 8.95. The van der Waals surface area contributed by atoms with E-state index in [-0.39, 0.29) is 17.0 Å². The number of nitrogens with one attached hydrogen (secondary N) is 1. The van der Waals surface area contributed by atoms with Crippen LogP contribution in [-0.2, 0) is 6.18 Å². The predicted octanol–water partition coefficient (Wildman–Crippen LogP) is 7.30. The molecule has 174 valence electrons. The van der Waals surface area contributed by atoms with Crippen LogP contribution in [0.2, 0.25) is 0 Å². The lowest BCUT2D eigenvalue weighted by molar-refractivity contribution is -0.137. The van der Waals surface area contributed by atoms with E-state index in [4.69, 9.17) is 0 Å². The molecule has 0 radical (unpaired) electrons. The standard InChI is InChI=1S/C26H21F3N2O2S/c1-15-13-19(16(2)31(15)22-12-8-7-11-20(22)26(27,28)29)25(33)30-21-14-23(34-24(21)17(3)32)18-9-5-4-6-10-18/h4-14H,1-3H3,(H,30,33). The molecule has 0 aliphatic heterocycles. The Labute approximate surface area is 198 Å². The number of amides is 1. The van der Waals surface area contributed by atoms with Gasteiger partial charge in [0.25, 0.3) is 5.91 Å². The van der Waals surface area contributed by atoms with Crippen LogP contribution in [0.25, 0.3) is 16.1 Å². The number of aryl methyl sites for hydroxylation is 1. The van der Waals surface area contributed by atoms with Gasteiger partial charge in [0.1, 0.15) is 0 Å². The van der Waals surface area contributed by atoms with E-state index >= 15 is 0 Å². The summed E-state index contributed by atoms with van der Waals surface area (Å²) in [5.74, 6) is -0.684. The first-order valence-electron chi connectivity index (χ1n) is 10.4. The van der Waals surface area contributed by atoms with Crippen LogP contribution in [0.3, 0.4) is 0 Å². The third-order valence-corrected chi connectivity index (χ3v) is 6.77. The Morgan fingerprint density at radius 2 is 1.59 bits per heavy atom. The average molecular weight is 483 g/mol. The fraction of sp³-hybridized carbons (Fsp3) is 0.154. The number of benzene rings is 2. The van der Waals surface area contributed by atoms with Crippen molar-refractivity contribution in [3.63, 3.8) is 0 Å². The minimum atomic E-state index is -4.54. The lowest BCUT2D eigenvalue weighted by atomic mass is 10.1. The Bertz CT molecular complexity index is 1390. The SMILES string of the molecule is CC(=O)c1sc(-c2ccccc2)cc1NC(=O)c1cc(C)n(-c2ccccc2C(F)(F)F)c1C. The largest absolute Gasteiger partial charge is 0.418 e. The maximum atomic E-state index is 13.6. The number of aromatic nitrogens is 1. The Morgan fingerprint density at radius 1 is 0.941 bits per heavy atom. The Kier molecular flexibility index (Phi) is 6.18. The van der Waals surface area contributed by atoms with Gasteiger partial charge in [0, 0.05) is 23.2 Å². The number of alkyl halides is 3. The van der Waals surface area contributed by atoms with Crippen molar-refractivity contribution in [3.8, 4) is 16.1 Å². The van der Waals surface area contributed by atoms with Crippen LogP contribution in [0.1, 0.15) is 43.9 Å². The molecule has 4 nitrogen and oxygen atoms in total. The van der Waals surface area contributed by atoms with Gasteiger partial charge in [0.05, 0.1) is 27.4 Å². The lowest BCUT2D eigenvalue weighted by Gasteiger charge is -2.16. The van der Waals surface area contributed by atoms with Gasteiger partial charge in [-0.25, -0.2) is 0 Å². The van der Waals surface area contributed by atoms with Crippen molar-refractivity contribution in [1.82, 2.24) is 4.57 Å². The summed E-state index contributed by atoms with van der Waals surface area (Å²) >= 11 is 1.28. The van der Waals surface area contributed by atoms with E-state index in [1.807, 2.05) is 30.3 Å². The Balaban J connectivity index is 1.72. The number of para-hydroxylation sites is 1. The van der Waals surface area contributed by atoms with Crippen LogP contribution in [0.15, 0.2) is 66.7 Å². The molecule has 0 atom stereocenters. The van der Waals surface area contributed by atoms with Gasteiger partial charge >= 0.3 is 6.18 Å². The lowest BCUT2D eigenvalue weighted by Crippen LogP contribution is -2.15. The molecule has 4 aromatic rings. The van der Waals surface area contributed by atoms with Gasteiger partial charge in [-0.05, 0) is 43.7 Å². The van der Waals surface area contributed by atoms with Crippen molar-refractivity contribution in [3.05, 3.63) is 94.1 Å². The molecule has 0 aliphatic carbocycles. The van der Waals surface area contributed by atoms with Crippen molar-refractivity contribution in [2.45, 2.75) is 26.9 Å². The number of nitrogens with zero attached hydrogens (tertiary/aromatic N) is 1. The van der Waals surface area contributed by atoms with Crippen molar-refractivity contribution in [2.75, 3.05) is 5.32 Å². The Hall–Kier alpha value is -3.65. The third kappa shape index (κ3) is 4.41. The van der Waals surface area contributed by atoms with Crippen LogP contribution >= 0.6 is 11.3 Å². The summed E-state index contributed by atoms with van der Waals surface area (Å²) in [6.07, 6.45) is -4.54. The number of hydrogen-bond donors (Lipinski definition) is 1. The molecule has 8 heteroatoms. The van der Waals surface area contributed by atoms with Gasteiger partial charge in [-0.3, -0.25) is 9.59 Å². The van der Waals surface area contributed by atoms with Crippen molar-refractivity contribution in [2.24, 2.45) is 0 Å². The van der Waals surface area contributed by atoms with Gasteiger partial charge in [-0.2, -0.15) is 13.2 Å². The number of anilines is 1. The zero-order chi connectivity index (χ0) is 24.6. The molecule has 2 aromatic carbocycles. The maximum Gasteiger partial charge on any atom is 0.418 e. The molecule has 2 heterocycles. The summed E-state index contributed by atoms with van der Waals surface area (Å²) in [4.78, 5) is 26.6. The van der Waals surface area contributed by atoms with Crippen LogP contribution in [0, 0.1) is 13.8 Å². The summed E-state index contributed by atoms with van der Waals surface area (Å²) < 4.78 is 42.2. The summed E-state index contributed by atoms with van der Waals surface area (Å²) in [7, 11) is 0. The van der Waals surface area contributed by atoms with Crippen molar-refractivity contribution in [1.29, 1.82) is 0 Å². The molecule has 1 amide bonds. The predicted molar refractivity (Wildman–Crippen MR) is 128 cm³/mol. The molecule has 0 bridgehead atoms. The minimum absolute atomic E-state index is 0.0460. The minimum Gasteiger partial charge on any atom is -0.320 e. The summed E-state index contributed by atoms with van der Waals surface area (Å²) in [5, 5.41) is 2.79. The van der Waals surface area contributed by atoms with Crippen LogP contribution in [0.5, 0.6) is 0 Å². The molecule has 0 saturated heterocycles. The molecule has 2 aromatic heterocycles. The van der Waals surface area contributed by atoms with E-state index in [0.717, 1.165) is 16.5 Å². The van der Waals surface area contributed by atoms with Gasteiger partial charge < -0.3 is 9.88 Å². The number of ketones is 1. The van der Waals surface area contributed by atoms with Crippen LogP contribution in [0.4, 0.5) is 18.9 Å². The van der Waals surface area contributed by atoms with E-state index < -0.39 is 17.6 Å². The summed E-state index contributed by atoms with van der Waals surface area (Å²) in [6, 6.07) is 18.0. The quantitative estimate of drug-likeness (QED) is 0.304. The van der Waals surface area contributed by atoms with Gasteiger partial charge in [0.2, 0.25) is 0 Å². The van der Waals surface area contributed by atoms with Crippen molar-refractivity contribution < 1.29 is 22.8 Å². The maximum absolute atomic E-state index is 13.6. The molecular formula is C26H21F3N2O2S. The molecule has 1 N–H and O–H groups in total. The number of hydrogen-bond acceptors (Lipinski definition) is 3. The number of carbonyl (C=O) groups is 2. The highest BCUT2D eigenvalue weighted by Gasteiger charge is 2.34. The van der Waals surface area contributed by atoms with Gasteiger partial charge in [-0.15, -0.1) is 11.3 Å². The highest BCUT2D eigenvalue weighted by Crippen LogP contribution is 2.37. The van der Waals surface area contributed by atoms with Crippen LogP contribution in [-0.4, -0.2) is 16.3 Å². The molecule has 0 spiro atoms. The molecular weight excluding hydrogens is 461 g/mol.